The van der Waals surface area contributed by atoms with Gasteiger partial charge < -0.3 is 14.5 Å². The molecule has 0 saturated carbocycles. The molecule has 0 bridgehead atoms. The van der Waals surface area contributed by atoms with E-state index in [2.05, 4.69) is 4.98 Å². The number of ether oxygens (including phenoxy) is 1. The number of thiazole rings is 1. The molecule has 1 atom stereocenters. The molecule has 6 heteroatoms. The van der Waals surface area contributed by atoms with Gasteiger partial charge in [0.1, 0.15) is 11.1 Å². The number of amides is 2. The van der Waals surface area contributed by atoms with Crippen molar-refractivity contribution in [3.8, 4) is 0 Å². The van der Waals surface area contributed by atoms with Crippen LogP contribution in [0.4, 0.5) is 4.79 Å². The fraction of sp³-hybridized carbons (Fsp3) is 0.636. The summed E-state index contributed by atoms with van der Waals surface area (Å²) in [6.45, 7) is 2.47. The van der Waals surface area contributed by atoms with E-state index >= 15 is 0 Å². The van der Waals surface area contributed by atoms with E-state index in [9.17, 15) is 4.79 Å². The Morgan fingerprint density at radius 2 is 2.18 bits per heavy atom. The van der Waals surface area contributed by atoms with Crippen LogP contribution in [0.15, 0.2) is 5.38 Å². The maximum atomic E-state index is 11.6. The lowest BCUT2D eigenvalue weighted by Gasteiger charge is -2.20. The molecule has 1 heterocycles. The number of methoxy groups -OCH3 is 1. The number of rotatable bonds is 4. The van der Waals surface area contributed by atoms with Crippen molar-refractivity contribution in [2.75, 3.05) is 28.3 Å². The lowest BCUT2D eigenvalue weighted by atomic mass is 10.4. The van der Waals surface area contributed by atoms with Gasteiger partial charge in [-0.05, 0) is 6.92 Å². The number of hydrogen-bond donors (Lipinski definition) is 0. The lowest BCUT2D eigenvalue weighted by Crippen LogP contribution is -2.35. The molecule has 0 spiro atoms. The fourth-order valence-corrected chi connectivity index (χ4v) is 2.18. The van der Waals surface area contributed by atoms with Crippen LogP contribution in [-0.4, -0.2) is 49.1 Å². The van der Waals surface area contributed by atoms with Crippen molar-refractivity contribution < 1.29 is 9.53 Å². The highest BCUT2D eigenvalue weighted by molar-refractivity contribution is 7.09. The molecule has 2 amide bonds. The molecule has 0 radical (unpaired) electrons. The first-order valence-corrected chi connectivity index (χ1v) is 6.23. The van der Waals surface area contributed by atoms with Crippen molar-refractivity contribution in [3.63, 3.8) is 0 Å². The maximum Gasteiger partial charge on any atom is 0.319 e. The van der Waals surface area contributed by atoms with Gasteiger partial charge in [-0.25, -0.2) is 9.78 Å². The van der Waals surface area contributed by atoms with Gasteiger partial charge in [0.05, 0.1) is 12.2 Å². The highest BCUT2D eigenvalue weighted by Gasteiger charge is 2.14. The number of carbonyl (C=O) groups is 1. The summed E-state index contributed by atoms with van der Waals surface area (Å²) in [5.41, 5.74) is 0.895. The molecule has 1 rings (SSSR count). The number of carbonyl (C=O) groups excluding carboxylic acids is 1. The predicted molar refractivity (Wildman–Crippen MR) is 68.1 cm³/mol. The summed E-state index contributed by atoms with van der Waals surface area (Å²) in [5.74, 6) is 0. The first-order chi connectivity index (χ1) is 7.95. The van der Waals surface area contributed by atoms with Crippen LogP contribution in [0.5, 0.6) is 0 Å². The third-order valence-corrected chi connectivity index (χ3v) is 3.43. The minimum atomic E-state index is -0.0284. The minimum Gasteiger partial charge on any atom is -0.375 e. The molecule has 0 N–H and O–H groups in total. The van der Waals surface area contributed by atoms with Crippen LogP contribution >= 0.6 is 11.3 Å². The van der Waals surface area contributed by atoms with E-state index in [1.54, 1.807) is 49.4 Å². The zero-order valence-corrected chi connectivity index (χ0v) is 11.7. The van der Waals surface area contributed by atoms with E-state index in [1.807, 2.05) is 12.3 Å². The zero-order chi connectivity index (χ0) is 13.0. The van der Waals surface area contributed by atoms with Gasteiger partial charge in [0.2, 0.25) is 0 Å². The summed E-state index contributed by atoms with van der Waals surface area (Å²) in [6, 6.07) is -0.0284. The molecule has 0 aliphatic heterocycles. The van der Waals surface area contributed by atoms with E-state index in [-0.39, 0.29) is 12.1 Å². The molecule has 1 aromatic rings. The van der Waals surface area contributed by atoms with Gasteiger partial charge in [0.25, 0.3) is 0 Å². The number of urea groups is 1. The topological polar surface area (TPSA) is 45.7 Å². The van der Waals surface area contributed by atoms with Crippen LogP contribution in [-0.2, 0) is 11.3 Å². The van der Waals surface area contributed by atoms with Gasteiger partial charge in [0, 0.05) is 33.6 Å². The molecule has 0 saturated heterocycles. The Hall–Kier alpha value is -1.14. The Kier molecular flexibility index (Phi) is 4.89. The van der Waals surface area contributed by atoms with Gasteiger partial charge >= 0.3 is 6.03 Å². The molecule has 0 aromatic carbocycles. The van der Waals surface area contributed by atoms with Crippen LogP contribution in [0, 0.1) is 0 Å². The summed E-state index contributed by atoms with van der Waals surface area (Å²) in [4.78, 5) is 19.3. The molecule has 96 valence electrons. The number of hydrogen-bond acceptors (Lipinski definition) is 4. The summed E-state index contributed by atoms with van der Waals surface area (Å²) < 4.78 is 5.20. The zero-order valence-electron chi connectivity index (χ0n) is 10.9. The van der Waals surface area contributed by atoms with Gasteiger partial charge in [-0.3, -0.25) is 0 Å². The average Bonchev–Trinajstić information content (AvgIpc) is 2.75. The number of nitrogens with zero attached hydrogens (tertiary/aromatic N) is 3. The molecule has 0 aliphatic rings. The highest BCUT2D eigenvalue weighted by Crippen LogP contribution is 2.20. The first-order valence-electron chi connectivity index (χ1n) is 5.35. The molecule has 0 fully saturated rings. The van der Waals surface area contributed by atoms with Gasteiger partial charge in [-0.2, -0.15) is 0 Å². The highest BCUT2D eigenvalue weighted by atomic mass is 32.1. The Labute approximate surface area is 106 Å². The third-order valence-electron chi connectivity index (χ3n) is 2.38. The largest absolute Gasteiger partial charge is 0.375 e. The SMILES string of the molecule is COC(C)c1nc(CN(C)C(=O)N(C)C)cs1. The number of aromatic nitrogens is 1. The van der Waals surface area contributed by atoms with Crippen molar-refractivity contribution in [3.05, 3.63) is 16.1 Å². The lowest BCUT2D eigenvalue weighted by molar-refractivity contribution is 0.119. The summed E-state index contributed by atoms with van der Waals surface area (Å²) in [5, 5.41) is 2.90. The van der Waals surface area contributed by atoms with Gasteiger partial charge in [-0.1, -0.05) is 0 Å². The summed E-state index contributed by atoms with van der Waals surface area (Å²) in [7, 11) is 6.89. The summed E-state index contributed by atoms with van der Waals surface area (Å²) >= 11 is 1.56. The van der Waals surface area contributed by atoms with Crippen molar-refractivity contribution >= 4 is 17.4 Å². The van der Waals surface area contributed by atoms with Crippen LogP contribution < -0.4 is 0 Å². The van der Waals surface area contributed by atoms with E-state index in [0.29, 0.717) is 6.54 Å². The van der Waals surface area contributed by atoms with Crippen LogP contribution in [0.3, 0.4) is 0 Å². The van der Waals surface area contributed by atoms with Crippen molar-refractivity contribution in [1.82, 2.24) is 14.8 Å². The Morgan fingerprint density at radius 1 is 1.53 bits per heavy atom. The second-order valence-corrected chi connectivity index (χ2v) is 4.98. The summed E-state index contributed by atoms with van der Waals surface area (Å²) in [6.07, 6.45) is 0.00334. The average molecular weight is 257 g/mol. The minimum absolute atomic E-state index is 0.00334. The molecule has 17 heavy (non-hydrogen) atoms. The van der Waals surface area contributed by atoms with E-state index in [1.165, 1.54) is 0 Å². The monoisotopic (exact) mass is 257 g/mol. The Balaban J connectivity index is 2.63. The standard InChI is InChI=1S/C11H19N3O2S/c1-8(16-5)10-12-9(7-17-10)6-14(4)11(15)13(2)3/h7-8H,6H2,1-5H3. The fourth-order valence-electron chi connectivity index (χ4n) is 1.33. The second kappa shape index (κ2) is 5.97. The molecule has 1 unspecified atom stereocenters. The van der Waals surface area contributed by atoms with Gasteiger partial charge in [0.15, 0.2) is 0 Å². The Morgan fingerprint density at radius 3 is 2.71 bits per heavy atom. The Bertz CT molecular complexity index is 379. The van der Waals surface area contributed by atoms with Crippen molar-refractivity contribution in [2.24, 2.45) is 0 Å². The van der Waals surface area contributed by atoms with Crippen LogP contribution in [0.25, 0.3) is 0 Å². The van der Waals surface area contributed by atoms with Crippen LogP contribution in [0.1, 0.15) is 23.7 Å². The predicted octanol–water partition coefficient (Wildman–Crippen LogP) is 1.96. The van der Waals surface area contributed by atoms with Crippen molar-refractivity contribution in [2.45, 2.75) is 19.6 Å². The molecule has 1 aromatic heterocycles. The van der Waals surface area contributed by atoms with E-state index in [0.717, 1.165) is 10.7 Å². The molecular formula is C11H19N3O2S. The first kappa shape index (κ1) is 13.9. The molecular weight excluding hydrogens is 238 g/mol. The molecule has 0 aliphatic carbocycles. The van der Waals surface area contributed by atoms with E-state index in [4.69, 9.17) is 4.74 Å². The van der Waals surface area contributed by atoms with E-state index < -0.39 is 0 Å². The smallest absolute Gasteiger partial charge is 0.319 e. The maximum absolute atomic E-state index is 11.6. The third kappa shape index (κ3) is 3.67. The van der Waals surface area contributed by atoms with Crippen molar-refractivity contribution in [1.29, 1.82) is 0 Å². The molecule has 5 nitrogen and oxygen atoms in total. The van der Waals surface area contributed by atoms with Crippen LogP contribution in [0.2, 0.25) is 0 Å². The normalized spacial score (nSPS) is 12.3. The quantitative estimate of drug-likeness (QED) is 0.828. The second-order valence-electron chi connectivity index (χ2n) is 4.09. The van der Waals surface area contributed by atoms with Gasteiger partial charge in [-0.15, -0.1) is 11.3 Å².